The number of rotatable bonds is 4. The van der Waals surface area contributed by atoms with Gasteiger partial charge in [0.15, 0.2) is 0 Å². The van der Waals surface area contributed by atoms with Crippen LogP contribution in [0.4, 0.5) is 0 Å². The number of aliphatic hydroxyl groups excluding tert-OH is 1. The molecule has 0 bridgehead atoms. The van der Waals surface area contributed by atoms with Crippen LogP contribution < -0.4 is 5.48 Å². The summed E-state index contributed by atoms with van der Waals surface area (Å²) in [5, 5.41) is 17.0. The standard InChI is InChI=1S/C9H13NO2/c11-6-5-8-1-3-9(4-2-8)7-10-12/h1-4,10-12H,5-7H2. The molecule has 1 aromatic rings. The molecule has 0 aliphatic heterocycles. The van der Waals surface area contributed by atoms with Gasteiger partial charge in [0, 0.05) is 13.2 Å². The molecule has 1 rings (SSSR count). The van der Waals surface area contributed by atoms with E-state index in [0.717, 1.165) is 11.1 Å². The highest BCUT2D eigenvalue weighted by Crippen LogP contribution is 2.04. The van der Waals surface area contributed by atoms with Gasteiger partial charge in [0.05, 0.1) is 0 Å². The van der Waals surface area contributed by atoms with Gasteiger partial charge in [0.25, 0.3) is 0 Å². The van der Waals surface area contributed by atoms with Crippen molar-refractivity contribution in [1.82, 2.24) is 5.48 Å². The fourth-order valence-electron chi connectivity index (χ4n) is 1.04. The Kier molecular flexibility index (Phi) is 3.73. The highest BCUT2D eigenvalue weighted by atomic mass is 16.5. The van der Waals surface area contributed by atoms with Gasteiger partial charge in [-0.2, -0.15) is 0 Å². The Balaban J connectivity index is 2.58. The van der Waals surface area contributed by atoms with Gasteiger partial charge >= 0.3 is 0 Å². The minimum absolute atomic E-state index is 0.178. The lowest BCUT2D eigenvalue weighted by Crippen LogP contribution is -2.05. The molecule has 0 aliphatic carbocycles. The number of hydrogen-bond acceptors (Lipinski definition) is 3. The van der Waals surface area contributed by atoms with Gasteiger partial charge in [0.2, 0.25) is 0 Å². The monoisotopic (exact) mass is 167 g/mol. The van der Waals surface area contributed by atoms with Crippen molar-refractivity contribution in [1.29, 1.82) is 0 Å². The Morgan fingerprint density at radius 3 is 2.17 bits per heavy atom. The fraction of sp³-hybridized carbons (Fsp3) is 0.333. The maximum absolute atomic E-state index is 8.64. The van der Waals surface area contributed by atoms with Crippen molar-refractivity contribution >= 4 is 0 Å². The predicted molar refractivity (Wildman–Crippen MR) is 45.9 cm³/mol. The fourth-order valence-corrected chi connectivity index (χ4v) is 1.04. The molecule has 0 radical (unpaired) electrons. The van der Waals surface area contributed by atoms with Crippen LogP contribution in [-0.4, -0.2) is 16.9 Å². The lowest BCUT2D eigenvalue weighted by molar-refractivity contribution is 0.161. The molecule has 3 N–H and O–H groups in total. The van der Waals surface area contributed by atoms with E-state index in [0.29, 0.717) is 13.0 Å². The van der Waals surface area contributed by atoms with Crippen molar-refractivity contribution in [2.24, 2.45) is 0 Å². The van der Waals surface area contributed by atoms with E-state index >= 15 is 0 Å². The van der Waals surface area contributed by atoms with Crippen LogP contribution in [0.5, 0.6) is 0 Å². The number of aliphatic hydroxyl groups is 1. The van der Waals surface area contributed by atoms with Gasteiger partial charge in [-0.05, 0) is 17.5 Å². The Morgan fingerprint density at radius 2 is 1.67 bits per heavy atom. The minimum Gasteiger partial charge on any atom is -0.396 e. The molecule has 0 amide bonds. The third-order valence-electron chi connectivity index (χ3n) is 1.71. The van der Waals surface area contributed by atoms with Gasteiger partial charge in [-0.1, -0.05) is 24.3 Å². The molecular weight excluding hydrogens is 154 g/mol. The molecular formula is C9H13NO2. The maximum Gasteiger partial charge on any atom is 0.0471 e. The zero-order chi connectivity index (χ0) is 8.81. The summed E-state index contributed by atoms with van der Waals surface area (Å²) >= 11 is 0. The molecule has 3 heteroatoms. The van der Waals surface area contributed by atoms with E-state index in [9.17, 15) is 0 Å². The lowest BCUT2D eigenvalue weighted by atomic mass is 10.1. The van der Waals surface area contributed by atoms with Gasteiger partial charge < -0.3 is 10.3 Å². The summed E-state index contributed by atoms with van der Waals surface area (Å²) in [4.78, 5) is 0. The molecule has 0 fully saturated rings. The van der Waals surface area contributed by atoms with Crippen molar-refractivity contribution in [2.75, 3.05) is 6.61 Å². The molecule has 0 spiro atoms. The summed E-state index contributed by atoms with van der Waals surface area (Å²) in [6.07, 6.45) is 0.687. The summed E-state index contributed by atoms with van der Waals surface area (Å²) < 4.78 is 0. The van der Waals surface area contributed by atoms with Crippen molar-refractivity contribution in [3.63, 3.8) is 0 Å². The second-order valence-corrected chi connectivity index (χ2v) is 2.62. The molecule has 0 unspecified atom stereocenters. The van der Waals surface area contributed by atoms with E-state index in [-0.39, 0.29) is 6.61 Å². The van der Waals surface area contributed by atoms with Crippen molar-refractivity contribution in [3.05, 3.63) is 35.4 Å². The van der Waals surface area contributed by atoms with E-state index < -0.39 is 0 Å². The summed E-state index contributed by atoms with van der Waals surface area (Å²) in [6.45, 7) is 0.636. The SMILES string of the molecule is OCCc1ccc(CNO)cc1. The number of hydrogen-bond donors (Lipinski definition) is 3. The Morgan fingerprint density at radius 1 is 1.08 bits per heavy atom. The van der Waals surface area contributed by atoms with Gasteiger partial charge in [-0.25, -0.2) is 5.48 Å². The molecule has 0 heterocycles. The number of nitrogens with one attached hydrogen (secondary N) is 1. The van der Waals surface area contributed by atoms with E-state index in [4.69, 9.17) is 10.3 Å². The lowest BCUT2D eigenvalue weighted by Gasteiger charge is -2.01. The number of hydroxylamine groups is 1. The third kappa shape index (κ3) is 2.62. The molecule has 0 saturated carbocycles. The first-order valence-corrected chi connectivity index (χ1v) is 3.92. The van der Waals surface area contributed by atoms with Crippen LogP contribution in [0, 0.1) is 0 Å². The van der Waals surface area contributed by atoms with Gasteiger partial charge in [-0.15, -0.1) is 0 Å². The molecule has 3 nitrogen and oxygen atoms in total. The second kappa shape index (κ2) is 4.87. The van der Waals surface area contributed by atoms with E-state index in [1.807, 2.05) is 24.3 Å². The molecule has 0 aromatic heterocycles. The Hall–Kier alpha value is -0.900. The molecule has 1 aromatic carbocycles. The first-order chi connectivity index (χ1) is 5.86. The zero-order valence-electron chi connectivity index (χ0n) is 6.83. The molecule has 0 atom stereocenters. The van der Waals surface area contributed by atoms with E-state index in [2.05, 4.69) is 5.48 Å². The smallest absolute Gasteiger partial charge is 0.0471 e. The second-order valence-electron chi connectivity index (χ2n) is 2.62. The topological polar surface area (TPSA) is 52.5 Å². The Labute approximate surface area is 71.6 Å². The van der Waals surface area contributed by atoms with Crippen LogP contribution in [0.15, 0.2) is 24.3 Å². The highest BCUT2D eigenvalue weighted by molar-refractivity contribution is 5.22. The average Bonchev–Trinajstić information content (AvgIpc) is 2.09. The van der Waals surface area contributed by atoms with E-state index in [1.165, 1.54) is 0 Å². The minimum atomic E-state index is 0.178. The van der Waals surface area contributed by atoms with Crippen molar-refractivity contribution < 1.29 is 10.3 Å². The average molecular weight is 167 g/mol. The van der Waals surface area contributed by atoms with Crippen LogP contribution in [0.2, 0.25) is 0 Å². The number of benzene rings is 1. The van der Waals surface area contributed by atoms with Crippen LogP contribution in [0.3, 0.4) is 0 Å². The first kappa shape index (κ1) is 9.19. The van der Waals surface area contributed by atoms with Gasteiger partial charge in [-0.3, -0.25) is 0 Å². The summed E-state index contributed by atoms with van der Waals surface area (Å²) in [5.74, 6) is 0. The highest BCUT2D eigenvalue weighted by Gasteiger charge is 1.92. The maximum atomic E-state index is 8.64. The van der Waals surface area contributed by atoms with E-state index in [1.54, 1.807) is 0 Å². The zero-order valence-corrected chi connectivity index (χ0v) is 6.83. The van der Waals surface area contributed by atoms with Gasteiger partial charge in [0.1, 0.15) is 0 Å². The van der Waals surface area contributed by atoms with Crippen LogP contribution in [0.1, 0.15) is 11.1 Å². The predicted octanol–water partition coefficient (Wildman–Crippen LogP) is 0.700. The van der Waals surface area contributed by atoms with Crippen LogP contribution in [-0.2, 0) is 13.0 Å². The summed E-state index contributed by atoms with van der Waals surface area (Å²) in [6, 6.07) is 7.74. The third-order valence-corrected chi connectivity index (χ3v) is 1.71. The quantitative estimate of drug-likeness (QED) is 0.578. The molecule has 66 valence electrons. The first-order valence-electron chi connectivity index (χ1n) is 3.92. The summed E-state index contributed by atoms with van der Waals surface area (Å²) in [7, 11) is 0. The largest absolute Gasteiger partial charge is 0.396 e. The van der Waals surface area contributed by atoms with Crippen molar-refractivity contribution in [3.8, 4) is 0 Å². The normalized spacial score (nSPS) is 10.2. The molecule has 0 saturated heterocycles. The molecule has 12 heavy (non-hydrogen) atoms. The van der Waals surface area contributed by atoms with Crippen molar-refractivity contribution in [2.45, 2.75) is 13.0 Å². The van der Waals surface area contributed by atoms with Crippen LogP contribution in [0.25, 0.3) is 0 Å². The Bertz CT molecular complexity index is 195. The molecule has 0 aliphatic rings. The van der Waals surface area contributed by atoms with Crippen LogP contribution >= 0.6 is 0 Å². The summed E-state index contributed by atoms with van der Waals surface area (Å²) in [5.41, 5.74) is 4.22.